The maximum atomic E-state index is 13.0. The molecular formula is C14H10FNO4. The summed E-state index contributed by atoms with van der Waals surface area (Å²) in [4.78, 5) is 22.2. The molecule has 0 unspecified atom stereocenters. The number of hydrogen-bond acceptors (Lipinski definition) is 3. The number of carboxylic acids is 1. The van der Waals surface area contributed by atoms with E-state index < -0.39 is 17.7 Å². The molecule has 3 N–H and O–H groups in total. The lowest BCUT2D eigenvalue weighted by molar-refractivity contribution is 0.0694. The molecule has 2 aromatic rings. The van der Waals surface area contributed by atoms with Crippen molar-refractivity contribution in [3.8, 4) is 11.5 Å². The predicted molar refractivity (Wildman–Crippen MR) is 68.4 cm³/mol. The number of nitrogens with two attached hydrogens (primary N) is 1. The molecule has 20 heavy (non-hydrogen) atoms. The fraction of sp³-hybridized carbons (Fsp3) is 0. The Morgan fingerprint density at radius 3 is 2.50 bits per heavy atom. The molecule has 0 saturated heterocycles. The Hall–Kier alpha value is -2.89. The molecule has 0 atom stereocenters. The van der Waals surface area contributed by atoms with E-state index in [4.69, 9.17) is 15.6 Å². The molecule has 0 heterocycles. The number of rotatable bonds is 4. The second-order valence-corrected chi connectivity index (χ2v) is 3.94. The van der Waals surface area contributed by atoms with Gasteiger partial charge in [-0.1, -0.05) is 6.07 Å². The topological polar surface area (TPSA) is 89.6 Å². The molecule has 2 rings (SSSR count). The van der Waals surface area contributed by atoms with Crippen molar-refractivity contribution in [3.05, 3.63) is 59.4 Å². The molecule has 0 aromatic heterocycles. The molecule has 0 aliphatic heterocycles. The van der Waals surface area contributed by atoms with E-state index in [1.54, 1.807) is 0 Å². The number of primary amides is 1. The van der Waals surface area contributed by atoms with Crippen LogP contribution in [0, 0.1) is 5.82 Å². The monoisotopic (exact) mass is 275 g/mol. The van der Waals surface area contributed by atoms with E-state index in [0.29, 0.717) is 0 Å². The quantitative estimate of drug-likeness (QED) is 0.896. The maximum absolute atomic E-state index is 13.0. The molecule has 0 radical (unpaired) electrons. The summed E-state index contributed by atoms with van der Waals surface area (Å²) in [6, 6.07) is 9.02. The highest BCUT2D eigenvalue weighted by atomic mass is 19.1. The molecule has 0 aliphatic rings. The number of hydrogen-bond donors (Lipinski definition) is 2. The number of halogens is 1. The summed E-state index contributed by atoms with van der Waals surface area (Å²) >= 11 is 0. The summed E-state index contributed by atoms with van der Waals surface area (Å²) in [6.45, 7) is 0. The van der Waals surface area contributed by atoms with E-state index in [0.717, 1.165) is 12.1 Å². The van der Waals surface area contributed by atoms with Gasteiger partial charge >= 0.3 is 5.97 Å². The average Bonchev–Trinajstić information content (AvgIpc) is 2.38. The van der Waals surface area contributed by atoms with Crippen LogP contribution < -0.4 is 10.5 Å². The largest absolute Gasteiger partial charge is 0.478 e. The number of amides is 1. The summed E-state index contributed by atoms with van der Waals surface area (Å²) in [6.07, 6.45) is 0. The van der Waals surface area contributed by atoms with Gasteiger partial charge in [0.2, 0.25) is 5.91 Å². The van der Waals surface area contributed by atoms with E-state index in [9.17, 15) is 14.0 Å². The summed E-state index contributed by atoms with van der Waals surface area (Å²) < 4.78 is 18.4. The fourth-order valence-corrected chi connectivity index (χ4v) is 1.60. The Balaban J connectivity index is 2.41. The van der Waals surface area contributed by atoms with Crippen molar-refractivity contribution in [3.63, 3.8) is 0 Å². The third-order valence-electron chi connectivity index (χ3n) is 2.52. The van der Waals surface area contributed by atoms with Gasteiger partial charge in [-0.25, -0.2) is 9.18 Å². The van der Waals surface area contributed by atoms with Crippen LogP contribution >= 0.6 is 0 Å². The van der Waals surface area contributed by atoms with Gasteiger partial charge in [-0.15, -0.1) is 0 Å². The first-order chi connectivity index (χ1) is 9.47. The normalized spacial score (nSPS) is 10.1. The van der Waals surface area contributed by atoms with Crippen molar-refractivity contribution in [2.75, 3.05) is 0 Å². The zero-order valence-corrected chi connectivity index (χ0v) is 10.2. The highest BCUT2D eigenvalue weighted by Crippen LogP contribution is 2.26. The van der Waals surface area contributed by atoms with E-state index >= 15 is 0 Å². The van der Waals surface area contributed by atoms with Crippen molar-refractivity contribution in [1.82, 2.24) is 0 Å². The Labute approximate surface area is 113 Å². The third kappa shape index (κ3) is 2.92. The Kier molecular flexibility index (Phi) is 3.65. The van der Waals surface area contributed by atoms with Gasteiger partial charge in [0.15, 0.2) is 0 Å². The molecule has 0 spiro atoms. The highest BCUT2D eigenvalue weighted by Gasteiger charge is 2.15. The summed E-state index contributed by atoms with van der Waals surface area (Å²) in [5.74, 6) is -2.38. The highest BCUT2D eigenvalue weighted by molar-refractivity contribution is 5.98. The number of benzene rings is 2. The molecule has 0 aliphatic carbocycles. The van der Waals surface area contributed by atoms with Crippen LogP contribution in [0.25, 0.3) is 0 Å². The molecule has 0 fully saturated rings. The van der Waals surface area contributed by atoms with Gasteiger partial charge in [0.1, 0.15) is 22.9 Å². The van der Waals surface area contributed by atoms with Crippen molar-refractivity contribution >= 4 is 11.9 Å². The maximum Gasteiger partial charge on any atom is 0.339 e. The first-order valence-corrected chi connectivity index (χ1v) is 5.58. The van der Waals surface area contributed by atoms with Crippen molar-refractivity contribution in [2.24, 2.45) is 5.73 Å². The van der Waals surface area contributed by atoms with Gasteiger partial charge in [-0.05, 0) is 30.3 Å². The smallest absolute Gasteiger partial charge is 0.339 e. The SMILES string of the molecule is NC(=O)c1ccc(Oc2cccc(F)c2)c(C(=O)O)c1. The Bertz CT molecular complexity index is 685. The van der Waals surface area contributed by atoms with Gasteiger partial charge < -0.3 is 15.6 Å². The van der Waals surface area contributed by atoms with Crippen molar-refractivity contribution < 1.29 is 23.8 Å². The molecule has 102 valence electrons. The second kappa shape index (κ2) is 5.40. The number of carbonyl (C=O) groups is 2. The lowest BCUT2D eigenvalue weighted by atomic mass is 10.1. The molecule has 6 heteroatoms. The van der Waals surface area contributed by atoms with E-state index in [1.165, 1.54) is 30.3 Å². The number of carbonyl (C=O) groups excluding carboxylic acids is 1. The predicted octanol–water partition coefficient (Wildman–Crippen LogP) is 2.42. The first kappa shape index (κ1) is 13.5. The van der Waals surface area contributed by atoms with Gasteiger partial charge in [-0.2, -0.15) is 0 Å². The van der Waals surface area contributed by atoms with Crippen LogP contribution in [-0.2, 0) is 0 Å². The third-order valence-corrected chi connectivity index (χ3v) is 2.52. The van der Waals surface area contributed by atoms with Crippen LogP contribution in [0.5, 0.6) is 11.5 Å². The average molecular weight is 275 g/mol. The van der Waals surface area contributed by atoms with E-state index in [-0.39, 0.29) is 22.6 Å². The van der Waals surface area contributed by atoms with Gasteiger partial charge in [0, 0.05) is 11.6 Å². The molecule has 1 amide bonds. The molecule has 0 bridgehead atoms. The summed E-state index contributed by atoms with van der Waals surface area (Å²) in [7, 11) is 0. The second-order valence-electron chi connectivity index (χ2n) is 3.94. The van der Waals surface area contributed by atoms with Crippen molar-refractivity contribution in [2.45, 2.75) is 0 Å². The van der Waals surface area contributed by atoms with E-state index in [2.05, 4.69) is 0 Å². The minimum absolute atomic E-state index is 0.00639. The zero-order chi connectivity index (χ0) is 14.7. The van der Waals surface area contributed by atoms with Crippen LogP contribution in [0.15, 0.2) is 42.5 Å². The standard InChI is InChI=1S/C14H10FNO4/c15-9-2-1-3-10(7-9)20-12-5-4-8(13(16)17)6-11(12)14(18)19/h1-7H,(H2,16,17)(H,18,19). The number of ether oxygens (including phenoxy) is 1. The molecule has 5 nitrogen and oxygen atoms in total. The lowest BCUT2D eigenvalue weighted by Crippen LogP contribution is -2.12. The number of carboxylic acid groups (broad SMARTS) is 1. The van der Waals surface area contributed by atoms with Crippen LogP contribution in [-0.4, -0.2) is 17.0 Å². The Morgan fingerprint density at radius 2 is 1.90 bits per heavy atom. The minimum Gasteiger partial charge on any atom is -0.478 e. The first-order valence-electron chi connectivity index (χ1n) is 5.58. The molecule has 2 aromatic carbocycles. The Morgan fingerprint density at radius 1 is 1.15 bits per heavy atom. The van der Waals surface area contributed by atoms with Gasteiger partial charge in [0.05, 0.1) is 0 Å². The fourth-order valence-electron chi connectivity index (χ4n) is 1.60. The van der Waals surface area contributed by atoms with Crippen molar-refractivity contribution in [1.29, 1.82) is 0 Å². The van der Waals surface area contributed by atoms with Crippen LogP contribution in [0.4, 0.5) is 4.39 Å². The zero-order valence-electron chi connectivity index (χ0n) is 10.2. The van der Waals surface area contributed by atoms with E-state index in [1.807, 2.05) is 0 Å². The minimum atomic E-state index is -1.28. The summed E-state index contributed by atoms with van der Waals surface area (Å²) in [5, 5.41) is 9.10. The molecular weight excluding hydrogens is 265 g/mol. The van der Waals surface area contributed by atoms with Crippen LogP contribution in [0.3, 0.4) is 0 Å². The van der Waals surface area contributed by atoms with Gasteiger partial charge in [0.25, 0.3) is 0 Å². The summed E-state index contributed by atoms with van der Waals surface area (Å²) in [5.41, 5.74) is 4.90. The number of aromatic carboxylic acids is 1. The van der Waals surface area contributed by atoms with Crippen LogP contribution in [0.1, 0.15) is 20.7 Å². The van der Waals surface area contributed by atoms with Crippen LogP contribution in [0.2, 0.25) is 0 Å². The molecule has 0 saturated carbocycles. The van der Waals surface area contributed by atoms with Gasteiger partial charge in [-0.3, -0.25) is 4.79 Å². The lowest BCUT2D eigenvalue weighted by Gasteiger charge is -2.09.